The minimum atomic E-state index is -0.426. The van der Waals surface area contributed by atoms with Crippen molar-refractivity contribution in [2.45, 2.75) is 57.8 Å². The van der Waals surface area contributed by atoms with E-state index in [4.69, 9.17) is 14.2 Å². The Morgan fingerprint density at radius 1 is 1.10 bits per heavy atom. The molecule has 160 valence electrons. The van der Waals surface area contributed by atoms with Gasteiger partial charge in [-0.05, 0) is 51.0 Å². The predicted octanol–water partition coefficient (Wildman–Crippen LogP) is 4.43. The Kier molecular flexibility index (Phi) is 6.35. The van der Waals surface area contributed by atoms with Crippen LogP contribution in [0.15, 0.2) is 36.5 Å². The highest BCUT2D eigenvalue weighted by atomic mass is 16.7. The molecule has 2 atom stereocenters. The second-order valence-corrected chi connectivity index (χ2v) is 8.92. The maximum Gasteiger partial charge on any atom is 0.169 e. The molecule has 4 rings (SSSR count). The zero-order valence-electron chi connectivity index (χ0n) is 18.1. The standard InChI is InChI=1S/C24H36N2O3/c1-19(2)25-13-15-26(16-14-25)21-9-11-22(12-10-21)27-17-23-18-28-24(3,29-23)20-7-5-4-6-8-20/h9-12,20,23H,1,4-8,13-18H2,2-3H3. The molecule has 0 bridgehead atoms. The van der Waals surface area contributed by atoms with Gasteiger partial charge in [-0.1, -0.05) is 25.8 Å². The molecule has 2 aliphatic heterocycles. The van der Waals surface area contributed by atoms with Gasteiger partial charge in [0.25, 0.3) is 0 Å². The van der Waals surface area contributed by atoms with Crippen molar-refractivity contribution in [2.75, 3.05) is 44.3 Å². The van der Waals surface area contributed by atoms with Crippen LogP contribution in [0.5, 0.6) is 5.75 Å². The van der Waals surface area contributed by atoms with Gasteiger partial charge < -0.3 is 24.0 Å². The van der Waals surface area contributed by atoms with Crippen molar-refractivity contribution < 1.29 is 14.2 Å². The number of hydrogen-bond donors (Lipinski definition) is 0. The molecule has 1 aromatic carbocycles. The monoisotopic (exact) mass is 400 g/mol. The molecule has 29 heavy (non-hydrogen) atoms. The van der Waals surface area contributed by atoms with Crippen LogP contribution in [0, 0.1) is 5.92 Å². The number of benzene rings is 1. The molecule has 0 N–H and O–H groups in total. The van der Waals surface area contributed by atoms with Crippen LogP contribution in [0.4, 0.5) is 5.69 Å². The van der Waals surface area contributed by atoms with Gasteiger partial charge in [0.1, 0.15) is 18.5 Å². The third kappa shape index (κ3) is 4.89. The molecule has 0 amide bonds. The number of anilines is 1. The molecule has 2 unspecified atom stereocenters. The molecule has 2 heterocycles. The third-order valence-corrected chi connectivity index (χ3v) is 6.76. The summed E-state index contributed by atoms with van der Waals surface area (Å²) in [4.78, 5) is 4.77. The molecule has 5 nitrogen and oxygen atoms in total. The van der Waals surface area contributed by atoms with Crippen LogP contribution < -0.4 is 9.64 Å². The van der Waals surface area contributed by atoms with Crippen LogP contribution in [0.1, 0.15) is 46.0 Å². The highest BCUT2D eigenvalue weighted by molar-refractivity contribution is 5.49. The van der Waals surface area contributed by atoms with Crippen LogP contribution in [0.3, 0.4) is 0 Å². The van der Waals surface area contributed by atoms with Crippen molar-refractivity contribution in [2.24, 2.45) is 5.92 Å². The maximum absolute atomic E-state index is 6.29. The Bertz CT molecular complexity index is 678. The van der Waals surface area contributed by atoms with E-state index < -0.39 is 5.79 Å². The lowest BCUT2D eigenvalue weighted by Crippen LogP contribution is -2.45. The van der Waals surface area contributed by atoms with Crippen molar-refractivity contribution in [3.05, 3.63) is 36.5 Å². The summed E-state index contributed by atoms with van der Waals surface area (Å²) in [5, 5.41) is 0. The summed E-state index contributed by atoms with van der Waals surface area (Å²) >= 11 is 0. The van der Waals surface area contributed by atoms with E-state index >= 15 is 0 Å². The first-order valence-corrected chi connectivity index (χ1v) is 11.2. The highest BCUT2D eigenvalue weighted by Crippen LogP contribution is 2.39. The summed E-state index contributed by atoms with van der Waals surface area (Å²) < 4.78 is 18.4. The Balaban J connectivity index is 1.24. The summed E-state index contributed by atoms with van der Waals surface area (Å²) in [6, 6.07) is 8.45. The second kappa shape index (κ2) is 8.97. The summed E-state index contributed by atoms with van der Waals surface area (Å²) in [6.45, 7) is 13.5. The summed E-state index contributed by atoms with van der Waals surface area (Å²) in [5.74, 6) is 0.986. The predicted molar refractivity (Wildman–Crippen MR) is 116 cm³/mol. The number of nitrogens with zero attached hydrogens (tertiary/aromatic N) is 2. The molecule has 1 aliphatic carbocycles. The van der Waals surface area contributed by atoms with Crippen LogP contribution >= 0.6 is 0 Å². The second-order valence-electron chi connectivity index (χ2n) is 8.92. The fourth-order valence-electron chi connectivity index (χ4n) is 4.87. The fraction of sp³-hybridized carbons (Fsp3) is 0.667. The molecule has 3 fully saturated rings. The van der Waals surface area contributed by atoms with Gasteiger partial charge >= 0.3 is 0 Å². The van der Waals surface area contributed by atoms with Gasteiger partial charge in [-0.25, -0.2) is 0 Å². The van der Waals surface area contributed by atoms with E-state index in [-0.39, 0.29) is 6.10 Å². The molecule has 5 heteroatoms. The van der Waals surface area contributed by atoms with Gasteiger partial charge in [0, 0.05) is 43.5 Å². The molecular formula is C24H36N2O3. The number of ether oxygens (including phenoxy) is 3. The summed E-state index contributed by atoms with van der Waals surface area (Å²) in [7, 11) is 0. The van der Waals surface area contributed by atoms with Gasteiger partial charge in [0.05, 0.1) is 6.61 Å². The quantitative estimate of drug-likeness (QED) is 0.706. The van der Waals surface area contributed by atoms with E-state index in [9.17, 15) is 0 Å². The zero-order valence-corrected chi connectivity index (χ0v) is 18.1. The number of allylic oxidation sites excluding steroid dienone is 1. The van der Waals surface area contributed by atoms with Crippen molar-refractivity contribution >= 4 is 5.69 Å². The molecule has 1 aromatic rings. The van der Waals surface area contributed by atoms with E-state index in [2.05, 4.69) is 54.5 Å². The normalized spacial score (nSPS) is 28.6. The average Bonchev–Trinajstić information content (AvgIpc) is 3.16. The number of rotatable bonds is 6. The Hall–Kier alpha value is -1.72. The van der Waals surface area contributed by atoms with Crippen molar-refractivity contribution in [3.8, 4) is 5.75 Å². The first-order chi connectivity index (χ1) is 14.0. The fourth-order valence-corrected chi connectivity index (χ4v) is 4.87. The van der Waals surface area contributed by atoms with Crippen LogP contribution in [0.25, 0.3) is 0 Å². The van der Waals surface area contributed by atoms with E-state index in [1.54, 1.807) is 0 Å². The number of piperazine rings is 1. The minimum absolute atomic E-state index is 0.0109. The van der Waals surface area contributed by atoms with Crippen LogP contribution in [-0.2, 0) is 9.47 Å². The lowest BCUT2D eigenvalue weighted by atomic mass is 9.84. The van der Waals surface area contributed by atoms with E-state index in [0.717, 1.165) is 37.6 Å². The van der Waals surface area contributed by atoms with Gasteiger partial charge in [-0.3, -0.25) is 0 Å². The summed E-state index contributed by atoms with van der Waals surface area (Å²) in [5.41, 5.74) is 2.41. The Morgan fingerprint density at radius 2 is 1.79 bits per heavy atom. The van der Waals surface area contributed by atoms with Gasteiger partial charge in [0.15, 0.2) is 5.79 Å². The SMILES string of the molecule is C=C(C)N1CCN(c2ccc(OCC3COC(C)(C4CCCCC4)O3)cc2)CC1. The van der Waals surface area contributed by atoms with E-state index in [1.165, 1.54) is 37.8 Å². The molecule has 3 aliphatic rings. The minimum Gasteiger partial charge on any atom is -0.491 e. The smallest absolute Gasteiger partial charge is 0.169 e. The molecule has 0 radical (unpaired) electrons. The van der Waals surface area contributed by atoms with E-state index in [1.807, 2.05) is 0 Å². The molecule has 0 aromatic heterocycles. The van der Waals surface area contributed by atoms with Crippen LogP contribution in [0.2, 0.25) is 0 Å². The largest absolute Gasteiger partial charge is 0.491 e. The van der Waals surface area contributed by atoms with Crippen LogP contribution in [-0.4, -0.2) is 56.2 Å². The van der Waals surface area contributed by atoms with Gasteiger partial charge in [0.2, 0.25) is 0 Å². The number of hydrogen-bond acceptors (Lipinski definition) is 5. The van der Waals surface area contributed by atoms with E-state index in [0.29, 0.717) is 19.1 Å². The van der Waals surface area contributed by atoms with Gasteiger partial charge in [-0.15, -0.1) is 0 Å². The molecular weight excluding hydrogens is 364 g/mol. The average molecular weight is 401 g/mol. The zero-order chi connectivity index (χ0) is 20.3. The molecule has 0 spiro atoms. The topological polar surface area (TPSA) is 34.2 Å². The Morgan fingerprint density at radius 3 is 2.45 bits per heavy atom. The molecule has 2 saturated heterocycles. The van der Waals surface area contributed by atoms with Crippen molar-refractivity contribution in [1.82, 2.24) is 4.90 Å². The van der Waals surface area contributed by atoms with Gasteiger partial charge in [-0.2, -0.15) is 0 Å². The van der Waals surface area contributed by atoms with Crippen molar-refractivity contribution in [3.63, 3.8) is 0 Å². The Labute approximate surface area is 175 Å². The first-order valence-electron chi connectivity index (χ1n) is 11.2. The maximum atomic E-state index is 6.29. The summed E-state index contributed by atoms with van der Waals surface area (Å²) in [6.07, 6.45) is 6.37. The van der Waals surface area contributed by atoms with Crippen molar-refractivity contribution in [1.29, 1.82) is 0 Å². The third-order valence-electron chi connectivity index (χ3n) is 6.76. The lowest BCUT2D eigenvalue weighted by molar-refractivity contribution is -0.199. The molecule has 1 saturated carbocycles. The highest BCUT2D eigenvalue weighted by Gasteiger charge is 2.44. The first kappa shape index (κ1) is 20.5. The lowest BCUT2D eigenvalue weighted by Gasteiger charge is -2.37.